The SMILES string of the molecule is Nc1cc(Cl)ccc1C(=O)c1ccco1. The monoisotopic (exact) mass is 221 g/mol. The number of anilines is 1. The summed E-state index contributed by atoms with van der Waals surface area (Å²) < 4.78 is 5.00. The van der Waals surface area contributed by atoms with E-state index in [9.17, 15) is 4.79 Å². The average Bonchev–Trinajstić information content (AvgIpc) is 2.69. The molecule has 76 valence electrons. The smallest absolute Gasteiger partial charge is 0.230 e. The zero-order valence-corrected chi connectivity index (χ0v) is 8.49. The fourth-order valence-electron chi connectivity index (χ4n) is 1.28. The summed E-state index contributed by atoms with van der Waals surface area (Å²) in [6.07, 6.45) is 1.44. The minimum absolute atomic E-state index is 0.242. The zero-order valence-electron chi connectivity index (χ0n) is 7.74. The van der Waals surface area contributed by atoms with Crippen molar-refractivity contribution in [2.75, 3.05) is 5.73 Å². The molecule has 2 rings (SSSR count). The molecule has 0 fully saturated rings. The lowest BCUT2D eigenvalue weighted by Crippen LogP contribution is -2.03. The maximum atomic E-state index is 11.8. The van der Waals surface area contributed by atoms with E-state index in [1.807, 2.05) is 0 Å². The van der Waals surface area contributed by atoms with Crippen LogP contribution in [0.4, 0.5) is 5.69 Å². The first-order chi connectivity index (χ1) is 7.18. The van der Waals surface area contributed by atoms with E-state index >= 15 is 0 Å². The number of benzene rings is 1. The van der Waals surface area contributed by atoms with E-state index in [1.54, 1.807) is 24.3 Å². The van der Waals surface area contributed by atoms with Gasteiger partial charge in [0.15, 0.2) is 5.76 Å². The lowest BCUT2D eigenvalue weighted by atomic mass is 10.1. The standard InChI is InChI=1S/C11H8ClNO2/c12-7-3-4-8(9(13)6-7)11(14)10-2-1-5-15-10/h1-6H,13H2. The molecule has 2 N–H and O–H groups in total. The maximum absolute atomic E-state index is 11.8. The van der Waals surface area contributed by atoms with Crippen molar-refractivity contribution in [3.05, 3.63) is 52.9 Å². The molecule has 15 heavy (non-hydrogen) atoms. The van der Waals surface area contributed by atoms with Crippen LogP contribution in [-0.4, -0.2) is 5.78 Å². The molecule has 3 nitrogen and oxygen atoms in total. The lowest BCUT2D eigenvalue weighted by Gasteiger charge is -2.02. The van der Waals surface area contributed by atoms with Crippen LogP contribution in [0.25, 0.3) is 0 Å². The number of nitrogens with two attached hydrogens (primary N) is 1. The second kappa shape index (κ2) is 3.79. The van der Waals surface area contributed by atoms with Crippen molar-refractivity contribution in [1.29, 1.82) is 0 Å². The Bertz CT molecular complexity index is 491. The predicted molar refractivity (Wildman–Crippen MR) is 58.0 cm³/mol. The molecule has 0 aliphatic rings. The quantitative estimate of drug-likeness (QED) is 0.627. The summed E-state index contributed by atoms with van der Waals surface area (Å²) in [5, 5.41) is 0.503. The van der Waals surface area contributed by atoms with Crippen molar-refractivity contribution in [3.8, 4) is 0 Å². The van der Waals surface area contributed by atoms with Crippen molar-refractivity contribution >= 4 is 23.1 Å². The van der Waals surface area contributed by atoms with Gasteiger partial charge in [-0.15, -0.1) is 0 Å². The van der Waals surface area contributed by atoms with Gasteiger partial charge in [0, 0.05) is 16.3 Å². The summed E-state index contributed by atoms with van der Waals surface area (Å²) in [5.74, 6) is 0.0261. The van der Waals surface area contributed by atoms with Crippen LogP contribution in [0.15, 0.2) is 41.0 Å². The van der Waals surface area contributed by atoms with E-state index in [0.717, 1.165) is 0 Å². The first-order valence-electron chi connectivity index (χ1n) is 4.31. The zero-order chi connectivity index (χ0) is 10.8. The minimum Gasteiger partial charge on any atom is -0.461 e. The Morgan fingerprint density at radius 3 is 2.73 bits per heavy atom. The Hall–Kier alpha value is -1.74. The van der Waals surface area contributed by atoms with Crippen LogP contribution < -0.4 is 5.73 Å². The third-order valence-corrected chi connectivity index (χ3v) is 2.24. The van der Waals surface area contributed by atoms with Gasteiger partial charge in [-0.3, -0.25) is 4.79 Å². The lowest BCUT2D eigenvalue weighted by molar-refractivity contribution is 0.101. The summed E-state index contributed by atoms with van der Waals surface area (Å²) in [7, 11) is 0. The normalized spacial score (nSPS) is 10.2. The van der Waals surface area contributed by atoms with Crippen LogP contribution in [0.2, 0.25) is 5.02 Å². The van der Waals surface area contributed by atoms with Crippen LogP contribution in [-0.2, 0) is 0 Å². The Morgan fingerprint density at radius 1 is 1.33 bits per heavy atom. The molecular weight excluding hydrogens is 214 g/mol. The first-order valence-corrected chi connectivity index (χ1v) is 4.69. The van der Waals surface area contributed by atoms with Gasteiger partial charge >= 0.3 is 0 Å². The van der Waals surface area contributed by atoms with E-state index in [0.29, 0.717) is 16.3 Å². The van der Waals surface area contributed by atoms with Gasteiger partial charge in [0.1, 0.15) is 0 Å². The fraction of sp³-hybridized carbons (Fsp3) is 0. The summed E-state index contributed by atoms with van der Waals surface area (Å²) >= 11 is 5.73. The van der Waals surface area contributed by atoms with Crippen LogP contribution in [0.1, 0.15) is 16.1 Å². The summed E-state index contributed by atoms with van der Waals surface area (Å²) in [4.78, 5) is 11.8. The van der Waals surface area contributed by atoms with Crippen LogP contribution in [0.3, 0.4) is 0 Å². The Morgan fingerprint density at radius 2 is 2.13 bits per heavy atom. The largest absolute Gasteiger partial charge is 0.461 e. The minimum atomic E-state index is -0.242. The molecular formula is C11H8ClNO2. The highest BCUT2D eigenvalue weighted by atomic mass is 35.5. The molecule has 2 aromatic rings. The molecule has 0 spiro atoms. The topological polar surface area (TPSA) is 56.2 Å². The van der Waals surface area contributed by atoms with Gasteiger partial charge in [0.2, 0.25) is 5.78 Å². The molecule has 1 aromatic carbocycles. The number of rotatable bonds is 2. The number of hydrogen-bond acceptors (Lipinski definition) is 3. The van der Waals surface area contributed by atoms with E-state index in [4.69, 9.17) is 21.8 Å². The van der Waals surface area contributed by atoms with E-state index in [-0.39, 0.29) is 11.5 Å². The molecule has 0 aliphatic carbocycles. The van der Waals surface area contributed by atoms with Gasteiger partial charge in [-0.25, -0.2) is 0 Å². The molecule has 0 saturated heterocycles. The molecule has 1 aromatic heterocycles. The second-order valence-corrected chi connectivity index (χ2v) is 3.47. The number of nitrogen functional groups attached to an aromatic ring is 1. The molecule has 0 atom stereocenters. The third kappa shape index (κ3) is 1.87. The van der Waals surface area contributed by atoms with Crippen molar-refractivity contribution in [1.82, 2.24) is 0 Å². The van der Waals surface area contributed by atoms with Crippen LogP contribution in [0.5, 0.6) is 0 Å². The number of halogens is 1. The van der Waals surface area contributed by atoms with Gasteiger partial charge in [-0.2, -0.15) is 0 Å². The second-order valence-electron chi connectivity index (χ2n) is 3.04. The summed E-state index contributed by atoms with van der Waals surface area (Å²) in [6, 6.07) is 7.99. The molecule has 1 heterocycles. The van der Waals surface area contributed by atoms with Crippen molar-refractivity contribution in [2.45, 2.75) is 0 Å². The Balaban J connectivity index is 2.42. The summed E-state index contributed by atoms with van der Waals surface area (Å²) in [6.45, 7) is 0. The maximum Gasteiger partial charge on any atom is 0.230 e. The number of furan rings is 1. The van der Waals surface area contributed by atoms with Crippen molar-refractivity contribution in [2.24, 2.45) is 0 Å². The molecule has 0 amide bonds. The number of ketones is 1. The number of carbonyl (C=O) groups is 1. The van der Waals surface area contributed by atoms with Crippen molar-refractivity contribution < 1.29 is 9.21 Å². The van der Waals surface area contributed by atoms with E-state index < -0.39 is 0 Å². The van der Waals surface area contributed by atoms with Crippen LogP contribution in [0, 0.1) is 0 Å². The highest BCUT2D eigenvalue weighted by molar-refractivity contribution is 6.31. The highest BCUT2D eigenvalue weighted by Crippen LogP contribution is 2.21. The third-order valence-electron chi connectivity index (χ3n) is 2.00. The Labute approximate surface area is 91.5 Å². The van der Waals surface area contributed by atoms with Gasteiger partial charge in [-0.05, 0) is 30.3 Å². The van der Waals surface area contributed by atoms with Crippen molar-refractivity contribution in [3.63, 3.8) is 0 Å². The number of hydrogen-bond donors (Lipinski definition) is 1. The molecule has 0 unspecified atom stereocenters. The van der Waals surface area contributed by atoms with Gasteiger partial charge < -0.3 is 10.2 Å². The average molecular weight is 222 g/mol. The van der Waals surface area contributed by atoms with Gasteiger partial charge in [0.05, 0.1) is 6.26 Å². The molecule has 0 saturated carbocycles. The highest BCUT2D eigenvalue weighted by Gasteiger charge is 2.14. The Kier molecular flexibility index (Phi) is 2.47. The van der Waals surface area contributed by atoms with E-state index in [1.165, 1.54) is 12.3 Å². The van der Waals surface area contributed by atoms with Gasteiger partial charge in [-0.1, -0.05) is 11.6 Å². The predicted octanol–water partition coefficient (Wildman–Crippen LogP) is 2.75. The molecule has 0 radical (unpaired) electrons. The molecule has 4 heteroatoms. The fourth-order valence-corrected chi connectivity index (χ4v) is 1.46. The van der Waals surface area contributed by atoms with Gasteiger partial charge in [0.25, 0.3) is 0 Å². The molecule has 0 aliphatic heterocycles. The summed E-state index contributed by atoms with van der Waals surface area (Å²) in [5.41, 5.74) is 6.43. The molecule has 0 bridgehead atoms. The van der Waals surface area contributed by atoms with Crippen LogP contribution >= 0.6 is 11.6 Å². The van der Waals surface area contributed by atoms with E-state index in [2.05, 4.69) is 0 Å². The first kappa shape index (κ1) is 9.80. The number of carbonyl (C=O) groups excluding carboxylic acids is 1.